The second-order valence-electron chi connectivity index (χ2n) is 4.94. The molecule has 21 heavy (non-hydrogen) atoms. The molecule has 0 fully saturated rings. The molecule has 0 unspecified atom stereocenters. The Morgan fingerprint density at radius 3 is 2.52 bits per heavy atom. The molecule has 2 rings (SSSR count). The fraction of sp³-hybridized carbons (Fsp3) is 0.235. The maximum absolute atomic E-state index is 12.5. The summed E-state index contributed by atoms with van der Waals surface area (Å²) in [7, 11) is 0. The predicted molar refractivity (Wildman–Crippen MR) is 88.0 cm³/mol. The monoisotopic (exact) mass is 301 g/mol. The third-order valence-electron chi connectivity index (χ3n) is 3.42. The summed E-state index contributed by atoms with van der Waals surface area (Å²) in [5.74, 6) is -0.124. The van der Waals surface area contributed by atoms with Crippen LogP contribution in [-0.2, 0) is 6.61 Å². The fourth-order valence-corrected chi connectivity index (χ4v) is 2.50. The van der Waals surface area contributed by atoms with Gasteiger partial charge in [0.05, 0.1) is 6.61 Å². The molecule has 2 aromatic rings. The molecule has 0 aliphatic carbocycles. The zero-order chi connectivity index (χ0) is 15.4. The van der Waals surface area contributed by atoms with Crippen molar-refractivity contribution in [1.82, 2.24) is 0 Å². The van der Waals surface area contributed by atoms with Crippen LogP contribution < -0.4 is 5.32 Å². The number of aliphatic hydroxyl groups excluding tert-OH is 1. The lowest BCUT2D eigenvalue weighted by Crippen LogP contribution is -2.14. The molecule has 0 bridgehead atoms. The summed E-state index contributed by atoms with van der Waals surface area (Å²) in [4.78, 5) is 13.5. The zero-order valence-electron chi connectivity index (χ0n) is 12.4. The summed E-state index contributed by atoms with van der Waals surface area (Å²) in [6, 6.07) is 11.4. The summed E-state index contributed by atoms with van der Waals surface area (Å²) in [6.07, 6.45) is 1.99. The highest BCUT2D eigenvalue weighted by Crippen LogP contribution is 2.22. The molecule has 0 aliphatic heterocycles. The van der Waals surface area contributed by atoms with E-state index in [0.717, 1.165) is 27.3 Å². The molecule has 0 aromatic heterocycles. The van der Waals surface area contributed by atoms with Crippen molar-refractivity contribution in [2.45, 2.75) is 25.3 Å². The molecule has 2 N–H and O–H groups in total. The molecule has 0 atom stereocenters. The number of aryl methyl sites for hydroxylation is 2. The van der Waals surface area contributed by atoms with Crippen molar-refractivity contribution >= 4 is 23.4 Å². The predicted octanol–water partition coefficient (Wildman–Crippen LogP) is 3.77. The number of rotatable bonds is 4. The van der Waals surface area contributed by atoms with Gasteiger partial charge in [0.2, 0.25) is 0 Å². The first-order valence-corrected chi connectivity index (χ1v) is 7.94. The van der Waals surface area contributed by atoms with Gasteiger partial charge in [-0.25, -0.2) is 0 Å². The van der Waals surface area contributed by atoms with Gasteiger partial charge in [0.25, 0.3) is 5.91 Å². The van der Waals surface area contributed by atoms with Gasteiger partial charge >= 0.3 is 0 Å². The van der Waals surface area contributed by atoms with Gasteiger partial charge in [-0.15, -0.1) is 11.8 Å². The topological polar surface area (TPSA) is 49.3 Å². The van der Waals surface area contributed by atoms with Crippen molar-refractivity contribution in [3.63, 3.8) is 0 Å². The quantitative estimate of drug-likeness (QED) is 0.845. The van der Waals surface area contributed by atoms with E-state index in [1.807, 2.05) is 50.4 Å². The van der Waals surface area contributed by atoms with E-state index in [2.05, 4.69) is 5.32 Å². The minimum Gasteiger partial charge on any atom is -0.392 e. The Balaban J connectivity index is 2.29. The van der Waals surface area contributed by atoms with Crippen LogP contribution in [0.25, 0.3) is 0 Å². The van der Waals surface area contributed by atoms with Gasteiger partial charge in [-0.1, -0.05) is 18.2 Å². The van der Waals surface area contributed by atoms with Crippen LogP contribution in [-0.4, -0.2) is 17.3 Å². The van der Waals surface area contributed by atoms with E-state index in [9.17, 15) is 9.90 Å². The Labute approximate surface area is 129 Å². The minimum atomic E-state index is -0.124. The number of anilines is 1. The van der Waals surface area contributed by atoms with Gasteiger partial charge in [-0.3, -0.25) is 4.79 Å². The molecule has 2 aromatic carbocycles. The van der Waals surface area contributed by atoms with Crippen molar-refractivity contribution in [2.24, 2.45) is 0 Å². The Morgan fingerprint density at radius 2 is 1.86 bits per heavy atom. The fourth-order valence-electron chi connectivity index (χ4n) is 2.06. The van der Waals surface area contributed by atoms with Crippen LogP contribution in [0.1, 0.15) is 27.0 Å². The van der Waals surface area contributed by atoms with E-state index in [4.69, 9.17) is 0 Å². The number of hydrogen-bond donors (Lipinski definition) is 2. The summed E-state index contributed by atoms with van der Waals surface area (Å²) < 4.78 is 0. The molecule has 110 valence electrons. The van der Waals surface area contributed by atoms with Crippen LogP contribution in [0.15, 0.2) is 41.3 Å². The smallest absolute Gasteiger partial charge is 0.255 e. The molecule has 0 radical (unpaired) electrons. The van der Waals surface area contributed by atoms with Crippen molar-refractivity contribution in [1.29, 1.82) is 0 Å². The molecule has 3 nitrogen and oxygen atoms in total. The number of amides is 1. The van der Waals surface area contributed by atoms with Crippen molar-refractivity contribution in [3.8, 4) is 0 Å². The van der Waals surface area contributed by atoms with Crippen molar-refractivity contribution in [3.05, 3.63) is 58.7 Å². The molecular formula is C17H19NO2S. The lowest BCUT2D eigenvalue weighted by atomic mass is 10.1. The molecule has 0 aliphatic rings. The van der Waals surface area contributed by atoms with E-state index in [1.54, 1.807) is 17.8 Å². The summed E-state index contributed by atoms with van der Waals surface area (Å²) in [6.45, 7) is 3.82. The van der Waals surface area contributed by atoms with Crippen molar-refractivity contribution < 1.29 is 9.90 Å². The van der Waals surface area contributed by atoms with Gasteiger partial charge in [0.1, 0.15) is 0 Å². The molecule has 0 heterocycles. The number of nitrogens with one attached hydrogen (secondary N) is 1. The van der Waals surface area contributed by atoms with Gasteiger partial charge in [0, 0.05) is 16.1 Å². The van der Waals surface area contributed by atoms with E-state index in [0.29, 0.717) is 5.56 Å². The third-order valence-corrected chi connectivity index (χ3v) is 4.15. The molecule has 0 saturated carbocycles. The minimum absolute atomic E-state index is 0.0376. The van der Waals surface area contributed by atoms with E-state index < -0.39 is 0 Å². The Morgan fingerprint density at radius 1 is 1.14 bits per heavy atom. The number of benzene rings is 2. The normalized spacial score (nSPS) is 10.5. The SMILES string of the molecule is CSc1ccc(C)c(C(=O)Nc2cc(CO)ccc2C)c1. The van der Waals surface area contributed by atoms with Gasteiger partial charge in [-0.05, 0) is 55.0 Å². The van der Waals surface area contributed by atoms with E-state index in [-0.39, 0.29) is 12.5 Å². The lowest BCUT2D eigenvalue weighted by molar-refractivity contribution is 0.102. The highest BCUT2D eigenvalue weighted by atomic mass is 32.2. The van der Waals surface area contributed by atoms with E-state index in [1.165, 1.54) is 0 Å². The molecule has 4 heteroatoms. The van der Waals surface area contributed by atoms with Gasteiger partial charge in [0.15, 0.2) is 0 Å². The van der Waals surface area contributed by atoms with Crippen LogP contribution in [0.3, 0.4) is 0 Å². The second-order valence-corrected chi connectivity index (χ2v) is 5.82. The molecule has 1 amide bonds. The van der Waals surface area contributed by atoms with Crippen molar-refractivity contribution in [2.75, 3.05) is 11.6 Å². The Kier molecular flexibility index (Phi) is 5.04. The van der Waals surface area contributed by atoms with Crippen LogP contribution in [0.2, 0.25) is 0 Å². The first-order chi connectivity index (χ1) is 10.0. The van der Waals surface area contributed by atoms with Crippen LogP contribution in [0.5, 0.6) is 0 Å². The maximum Gasteiger partial charge on any atom is 0.255 e. The number of thioether (sulfide) groups is 1. The second kappa shape index (κ2) is 6.78. The van der Waals surface area contributed by atoms with Crippen LogP contribution in [0, 0.1) is 13.8 Å². The largest absolute Gasteiger partial charge is 0.392 e. The highest BCUT2D eigenvalue weighted by molar-refractivity contribution is 7.98. The van der Waals surface area contributed by atoms with Crippen LogP contribution in [0.4, 0.5) is 5.69 Å². The average Bonchev–Trinajstić information content (AvgIpc) is 2.49. The first kappa shape index (κ1) is 15.6. The highest BCUT2D eigenvalue weighted by Gasteiger charge is 2.11. The Bertz CT molecular complexity index is 668. The first-order valence-electron chi connectivity index (χ1n) is 6.71. The maximum atomic E-state index is 12.5. The average molecular weight is 301 g/mol. The summed E-state index contributed by atoms with van der Waals surface area (Å²) in [5.41, 5.74) is 4.11. The third kappa shape index (κ3) is 3.65. The summed E-state index contributed by atoms with van der Waals surface area (Å²) in [5, 5.41) is 12.1. The molecule has 0 spiro atoms. The number of hydrogen-bond acceptors (Lipinski definition) is 3. The number of carbonyl (C=O) groups excluding carboxylic acids is 1. The van der Waals surface area contributed by atoms with Crippen LogP contribution >= 0.6 is 11.8 Å². The lowest BCUT2D eigenvalue weighted by Gasteiger charge is -2.12. The standard InChI is InChI=1S/C17H19NO2S/c1-11-5-7-14(21-3)9-15(11)17(20)18-16-8-13(10-19)6-4-12(16)2/h4-9,19H,10H2,1-3H3,(H,18,20). The zero-order valence-corrected chi connectivity index (χ0v) is 13.3. The van der Waals surface area contributed by atoms with E-state index >= 15 is 0 Å². The Hall–Kier alpha value is -1.78. The number of carbonyl (C=O) groups is 1. The number of aliphatic hydroxyl groups is 1. The molecular weight excluding hydrogens is 282 g/mol. The van der Waals surface area contributed by atoms with Gasteiger partial charge in [-0.2, -0.15) is 0 Å². The van der Waals surface area contributed by atoms with Gasteiger partial charge < -0.3 is 10.4 Å². The summed E-state index contributed by atoms with van der Waals surface area (Å²) >= 11 is 1.61. The molecule has 0 saturated heterocycles.